The molecule has 0 radical (unpaired) electrons. The fourth-order valence-corrected chi connectivity index (χ4v) is 3.65. The van der Waals surface area contributed by atoms with Crippen molar-refractivity contribution in [3.8, 4) is 0 Å². The number of hydrogen-bond donors (Lipinski definition) is 1. The zero-order chi connectivity index (χ0) is 13.3. The highest BCUT2D eigenvalue weighted by Gasteiger charge is 2.38. The Morgan fingerprint density at radius 2 is 2.22 bits per heavy atom. The van der Waals surface area contributed by atoms with Crippen molar-refractivity contribution in [2.45, 2.75) is 45.6 Å². The number of rotatable bonds is 3. The number of benzene rings is 1. The highest BCUT2D eigenvalue weighted by Crippen LogP contribution is 2.44. The Balaban J connectivity index is 2.11. The van der Waals surface area contributed by atoms with E-state index in [-0.39, 0.29) is 11.9 Å². The standard InChI is InChI=1S/C15H21BrFN/c1-15(2)7-3-4-12(15)14(18)9-10-8-11(17)5-6-13(10)16/h5-6,8,12,14H,3-4,7,9,18H2,1-2H3. The molecule has 2 N–H and O–H groups in total. The van der Waals surface area contributed by atoms with Gasteiger partial charge in [-0.05, 0) is 54.4 Å². The fraction of sp³-hybridized carbons (Fsp3) is 0.600. The summed E-state index contributed by atoms with van der Waals surface area (Å²) in [6, 6.07) is 4.93. The first-order valence-electron chi connectivity index (χ1n) is 6.59. The molecule has 0 amide bonds. The average Bonchev–Trinajstić information content (AvgIpc) is 2.63. The van der Waals surface area contributed by atoms with Crippen LogP contribution in [-0.4, -0.2) is 6.04 Å². The highest BCUT2D eigenvalue weighted by molar-refractivity contribution is 9.10. The predicted molar refractivity (Wildman–Crippen MR) is 76.9 cm³/mol. The maximum absolute atomic E-state index is 13.3. The summed E-state index contributed by atoms with van der Waals surface area (Å²) in [7, 11) is 0. The number of halogens is 2. The third-order valence-electron chi connectivity index (χ3n) is 4.32. The van der Waals surface area contributed by atoms with Crippen LogP contribution in [0.3, 0.4) is 0 Å². The molecule has 2 rings (SSSR count). The first-order valence-corrected chi connectivity index (χ1v) is 7.39. The van der Waals surface area contributed by atoms with E-state index in [9.17, 15) is 4.39 Å². The summed E-state index contributed by atoms with van der Waals surface area (Å²) in [6.45, 7) is 4.59. The highest BCUT2D eigenvalue weighted by atomic mass is 79.9. The van der Waals surface area contributed by atoms with Crippen molar-refractivity contribution in [1.29, 1.82) is 0 Å². The van der Waals surface area contributed by atoms with E-state index in [1.165, 1.54) is 25.3 Å². The van der Waals surface area contributed by atoms with Crippen molar-refractivity contribution in [3.05, 3.63) is 34.1 Å². The van der Waals surface area contributed by atoms with Crippen LogP contribution in [0.1, 0.15) is 38.7 Å². The third-order valence-corrected chi connectivity index (χ3v) is 5.09. The Bertz CT molecular complexity index is 431. The molecule has 0 aliphatic heterocycles. The van der Waals surface area contributed by atoms with Gasteiger partial charge < -0.3 is 5.73 Å². The molecular weight excluding hydrogens is 293 g/mol. The molecule has 3 heteroatoms. The van der Waals surface area contributed by atoms with Crippen molar-refractivity contribution in [1.82, 2.24) is 0 Å². The second-order valence-electron chi connectivity index (χ2n) is 6.09. The SMILES string of the molecule is CC1(C)CCCC1C(N)Cc1cc(F)ccc1Br. The molecule has 1 fully saturated rings. The molecule has 0 bridgehead atoms. The summed E-state index contributed by atoms with van der Waals surface area (Å²) in [5, 5.41) is 0. The zero-order valence-electron chi connectivity index (χ0n) is 11.0. The van der Waals surface area contributed by atoms with E-state index >= 15 is 0 Å². The van der Waals surface area contributed by atoms with Gasteiger partial charge in [-0.1, -0.05) is 36.2 Å². The lowest BCUT2D eigenvalue weighted by molar-refractivity contribution is 0.220. The Morgan fingerprint density at radius 1 is 1.50 bits per heavy atom. The number of hydrogen-bond acceptors (Lipinski definition) is 1. The monoisotopic (exact) mass is 313 g/mol. The lowest BCUT2D eigenvalue weighted by Crippen LogP contribution is -2.38. The molecule has 1 aliphatic rings. The molecule has 1 aliphatic carbocycles. The van der Waals surface area contributed by atoms with Gasteiger partial charge in [0.25, 0.3) is 0 Å². The third kappa shape index (κ3) is 2.94. The molecule has 1 aromatic carbocycles. The first kappa shape index (κ1) is 14.0. The normalized spacial score (nSPS) is 24.2. The fourth-order valence-electron chi connectivity index (χ4n) is 3.24. The topological polar surface area (TPSA) is 26.0 Å². The lowest BCUT2D eigenvalue weighted by atomic mass is 9.76. The summed E-state index contributed by atoms with van der Waals surface area (Å²) in [4.78, 5) is 0. The van der Waals surface area contributed by atoms with E-state index in [2.05, 4.69) is 29.8 Å². The summed E-state index contributed by atoms with van der Waals surface area (Å²) in [5.74, 6) is 0.346. The van der Waals surface area contributed by atoms with Gasteiger partial charge in [-0.25, -0.2) is 4.39 Å². The van der Waals surface area contributed by atoms with Gasteiger partial charge in [-0.15, -0.1) is 0 Å². The van der Waals surface area contributed by atoms with Gasteiger partial charge in [0.15, 0.2) is 0 Å². The van der Waals surface area contributed by atoms with Crippen LogP contribution in [0, 0.1) is 17.2 Å². The van der Waals surface area contributed by atoms with Crippen molar-refractivity contribution < 1.29 is 4.39 Å². The Hall–Kier alpha value is -0.410. The van der Waals surface area contributed by atoms with Crippen molar-refractivity contribution in [3.63, 3.8) is 0 Å². The largest absolute Gasteiger partial charge is 0.327 e. The van der Waals surface area contributed by atoms with E-state index in [0.717, 1.165) is 16.5 Å². The average molecular weight is 314 g/mol. The van der Waals surface area contributed by atoms with Crippen LogP contribution < -0.4 is 5.73 Å². The quantitative estimate of drug-likeness (QED) is 0.885. The van der Waals surface area contributed by atoms with Crippen LogP contribution >= 0.6 is 15.9 Å². The van der Waals surface area contributed by atoms with Gasteiger partial charge in [-0.2, -0.15) is 0 Å². The molecule has 18 heavy (non-hydrogen) atoms. The van der Waals surface area contributed by atoms with Crippen LogP contribution in [-0.2, 0) is 6.42 Å². The van der Waals surface area contributed by atoms with Gasteiger partial charge in [0.05, 0.1) is 0 Å². The summed E-state index contributed by atoms with van der Waals surface area (Å²) in [5.41, 5.74) is 7.66. The summed E-state index contributed by atoms with van der Waals surface area (Å²) < 4.78 is 14.2. The predicted octanol–water partition coefficient (Wildman–Crippen LogP) is 4.28. The maximum atomic E-state index is 13.3. The van der Waals surface area contributed by atoms with E-state index in [1.54, 1.807) is 12.1 Å². The zero-order valence-corrected chi connectivity index (χ0v) is 12.6. The molecule has 1 nitrogen and oxygen atoms in total. The minimum absolute atomic E-state index is 0.112. The molecule has 100 valence electrons. The smallest absolute Gasteiger partial charge is 0.123 e. The molecule has 1 aromatic rings. The maximum Gasteiger partial charge on any atom is 0.123 e. The van der Waals surface area contributed by atoms with E-state index in [4.69, 9.17) is 5.73 Å². The molecule has 2 unspecified atom stereocenters. The molecule has 0 saturated heterocycles. The minimum Gasteiger partial charge on any atom is -0.327 e. The van der Waals surface area contributed by atoms with Crippen LogP contribution in [0.5, 0.6) is 0 Å². The van der Waals surface area contributed by atoms with Crippen molar-refractivity contribution in [2.24, 2.45) is 17.1 Å². The summed E-state index contributed by atoms with van der Waals surface area (Å²) in [6.07, 6.45) is 4.44. The summed E-state index contributed by atoms with van der Waals surface area (Å²) >= 11 is 3.47. The van der Waals surface area contributed by atoms with E-state index in [1.807, 2.05) is 0 Å². The van der Waals surface area contributed by atoms with Crippen LogP contribution in [0.2, 0.25) is 0 Å². The Labute approximate surface area is 117 Å². The second-order valence-corrected chi connectivity index (χ2v) is 6.95. The molecule has 0 spiro atoms. The van der Waals surface area contributed by atoms with Gasteiger partial charge in [-0.3, -0.25) is 0 Å². The molecule has 0 aromatic heterocycles. The Morgan fingerprint density at radius 3 is 2.83 bits per heavy atom. The van der Waals surface area contributed by atoms with Crippen LogP contribution in [0.4, 0.5) is 4.39 Å². The van der Waals surface area contributed by atoms with Crippen LogP contribution in [0.25, 0.3) is 0 Å². The van der Waals surface area contributed by atoms with Gasteiger partial charge >= 0.3 is 0 Å². The lowest BCUT2D eigenvalue weighted by Gasteiger charge is -2.32. The van der Waals surface area contributed by atoms with Crippen molar-refractivity contribution >= 4 is 15.9 Å². The molecule has 0 heterocycles. The van der Waals surface area contributed by atoms with E-state index < -0.39 is 0 Å². The minimum atomic E-state index is -0.189. The second kappa shape index (κ2) is 5.30. The molecule has 2 atom stereocenters. The first-order chi connectivity index (χ1) is 8.40. The van der Waals surface area contributed by atoms with Gasteiger partial charge in [0.2, 0.25) is 0 Å². The van der Waals surface area contributed by atoms with Gasteiger partial charge in [0.1, 0.15) is 5.82 Å². The van der Waals surface area contributed by atoms with E-state index in [0.29, 0.717) is 11.3 Å². The molecule has 1 saturated carbocycles. The Kier molecular flexibility index (Phi) is 4.12. The number of nitrogens with two attached hydrogens (primary N) is 1. The van der Waals surface area contributed by atoms with Crippen molar-refractivity contribution in [2.75, 3.05) is 0 Å². The molecular formula is C15H21BrFN. The van der Waals surface area contributed by atoms with Gasteiger partial charge in [0, 0.05) is 10.5 Å². The van der Waals surface area contributed by atoms with Crippen LogP contribution in [0.15, 0.2) is 22.7 Å².